The van der Waals surface area contributed by atoms with Crippen molar-refractivity contribution in [2.75, 3.05) is 20.3 Å². The first-order valence-electron chi connectivity index (χ1n) is 5.83. The van der Waals surface area contributed by atoms with Gasteiger partial charge in [0.1, 0.15) is 0 Å². The largest absolute Gasteiger partial charge is 0.385 e. The molecule has 0 saturated carbocycles. The first-order chi connectivity index (χ1) is 7.76. The second-order valence-corrected chi connectivity index (χ2v) is 4.02. The van der Waals surface area contributed by atoms with Gasteiger partial charge in [-0.05, 0) is 19.4 Å². The molecule has 0 aliphatic heterocycles. The summed E-state index contributed by atoms with van der Waals surface area (Å²) in [6.07, 6.45) is 5.03. The van der Waals surface area contributed by atoms with E-state index in [1.807, 2.05) is 13.2 Å². The van der Waals surface area contributed by atoms with Crippen LogP contribution in [-0.4, -0.2) is 41.3 Å². The van der Waals surface area contributed by atoms with Crippen LogP contribution in [0.15, 0.2) is 6.20 Å². The molecular weight excluding hydrogens is 204 g/mol. The summed E-state index contributed by atoms with van der Waals surface area (Å²) in [5.74, 6) is 0. The molecule has 0 radical (unpaired) electrons. The van der Waals surface area contributed by atoms with Crippen molar-refractivity contribution >= 4 is 0 Å². The van der Waals surface area contributed by atoms with Crippen molar-refractivity contribution in [2.24, 2.45) is 7.05 Å². The van der Waals surface area contributed by atoms with Gasteiger partial charge in [-0.1, -0.05) is 12.1 Å². The molecule has 0 amide bonds. The molecule has 1 aromatic rings. The zero-order valence-corrected chi connectivity index (χ0v) is 10.4. The molecule has 16 heavy (non-hydrogen) atoms. The van der Waals surface area contributed by atoms with Gasteiger partial charge in [0.2, 0.25) is 0 Å². The van der Waals surface area contributed by atoms with Gasteiger partial charge in [-0.2, -0.15) is 0 Å². The standard InChI is InChI=1S/C11H22N4O/c1-4-6-12-10(5-7-16-3)8-11-9-15(2)14-13-11/h9-10,12H,4-8H2,1-3H3. The van der Waals surface area contributed by atoms with Crippen LogP contribution >= 0.6 is 0 Å². The van der Waals surface area contributed by atoms with Crippen LogP contribution in [0.3, 0.4) is 0 Å². The number of nitrogens with one attached hydrogen (secondary N) is 1. The number of aromatic nitrogens is 3. The van der Waals surface area contributed by atoms with Crippen molar-refractivity contribution in [1.82, 2.24) is 20.3 Å². The molecule has 5 heteroatoms. The molecule has 0 aliphatic carbocycles. The molecule has 1 aromatic heterocycles. The third-order valence-corrected chi connectivity index (χ3v) is 2.46. The van der Waals surface area contributed by atoms with Crippen molar-refractivity contribution in [1.29, 1.82) is 0 Å². The number of nitrogens with zero attached hydrogens (tertiary/aromatic N) is 3. The van der Waals surface area contributed by atoms with Crippen molar-refractivity contribution in [2.45, 2.75) is 32.2 Å². The van der Waals surface area contributed by atoms with E-state index in [0.29, 0.717) is 6.04 Å². The van der Waals surface area contributed by atoms with Crippen LogP contribution in [0, 0.1) is 0 Å². The highest BCUT2D eigenvalue weighted by molar-refractivity contribution is 4.95. The lowest BCUT2D eigenvalue weighted by Gasteiger charge is -2.16. The number of aryl methyl sites for hydroxylation is 1. The Morgan fingerprint density at radius 2 is 2.38 bits per heavy atom. The van der Waals surface area contributed by atoms with Crippen molar-refractivity contribution in [3.05, 3.63) is 11.9 Å². The summed E-state index contributed by atoms with van der Waals surface area (Å²) in [5.41, 5.74) is 1.03. The quantitative estimate of drug-likeness (QED) is 0.711. The van der Waals surface area contributed by atoms with E-state index in [4.69, 9.17) is 4.74 Å². The molecule has 1 unspecified atom stereocenters. The molecule has 0 aliphatic rings. The molecular formula is C11H22N4O. The zero-order valence-electron chi connectivity index (χ0n) is 10.4. The Bertz CT molecular complexity index is 279. The average molecular weight is 226 g/mol. The van der Waals surface area contributed by atoms with Crippen molar-refractivity contribution in [3.63, 3.8) is 0 Å². The summed E-state index contributed by atoms with van der Waals surface area (Å²) in [5, 5.41) is 11.5. The number of methoxy groups -OCH3 is 1. The minimum atomic E-state index is 0.427. The topological polar surface area (TPSA) is 52.0 Å². The van der Waals surface area contributed by atoms with Crippen LogP contribution < -0.4 is 5.32 Å². The fraction of sp³-hybridized carbons (Fsp3) is 0.818. The van der Waals surface area contributed by atoms with Gasteiger partial charge >= 0.3 is 0 Å². The van der Waals surface area contributed by atoms with Crippen LogP contribution in [0.4, 0.5) is 0 Å². The molecule has 1 rings (SSSR count). The molecule has 0 bridgehead atoms. The fourth-order valence-electron chi connectivity index (χ4n) is 1.63. The fourth-order valence-corrected chi connectivity index (χ4v) is 1.63. The highest BCUT2D eigenvalue weighted by Gasteiger charge is 2.10. The second-order valence-electron chi connectivity index (χ2n) is 4.02. The van der Waals surface area contributed by atoms with Gasteiger partial charge in [0, 0.05) is 39.4 Å². The maximum Gasteiger partial charge on any atom is 0.0842 e. The third kappa shape index (κ3) is 4.72. The first-order valence-corrected chi connectivity index (χ1v) is 5.83. The van der Waals surface area contributed by atoms with Crippen molar-refractivity contribution in [3.8, 4) is 0 Å². The highest BCUT2D eigenvalue weighted by Crippen LogP contribution is 2.02. The minimum Gasteiger partial charge on any atom is -0.385 e. The van der Waals surface area contributed by atoms with E-state index in [0.717, 1.165) is 38.1 Å². The molecule has 5 nitrogen and oxygen atoms in total. The SMILES string of the molecule is CCCNC(CCOC)Cc1cn(C)nn1. The highest BCUT2D eigenvalue weighted by atomic mass is 16.5. The lowest BCUT2D eigenvalue weighted by Crippen LogP contribution is -2.33. The summed E-state index contributed by atoms with van der Waals surface area (Å²) in [6, 6.07) is 0.427. The summed E-state index contributed by atoms with van der Waals surface area (Å²) in [4.78, 5) is 0. The van der Waals surface area contributed by atoms with Gasteiger partial charge < -0.3 is 10.1 Å². The predicted molar refractivity (Wildman–Crippen MR) is 63.3 cm³/mol. The van der Waals surface area contributed by atoms with Crippen LogP contribution in [0.25, 0.3) is 0 Å². The van der Waals surface area contributed by atoms with Crippen LogP contribution in [0.2, 0.25) is 0 Å². The van der Waals surface area contributed by atoms with Gasteiger partial charge in [-0.15, -0.1) is 5.10 Å². The monoisotopic (exact) mass is 226 g/mol. The lowest BCUT2D eigenvalue weighted by atomic mass is 10.1. The zero-order chi connectivity index (χ0) is 11.8. The second kappa shape index (κ2) is 7.35. The molecule has 0 spiro atoms. The van der Waals surface area contributed by atoms with E-state index in [-0.39, 0.29) is 0 Å². The van der Waals surface area contributed by atoms with Crippen LogP contribution in [-0.2, 0) is 18.2 Å². The summed E-state index contributed by atoms with van der Waals surface area (Å²) in [6.45, 7) is 3.99. The van der Waals surface area contributed by atoms with Crippen LogP contribution in [0.1, 0.15) is 25.5 Å². The van der Waals surface area contributed by atoms with E-state index >= 15 is 0 Å². The van der Waals surface area contributed by atoms with E-state index in [1.54, 1.807) is 11.8 Å². The van der Waals surface area contributed by atoms with Gasteiger partial charge in [-0.3, -0.25) is 4.68 Å². The normalized spacial score (nSPS) is 12.9. The Balaban J connectivity index is 2.41. The molecule has 0 aromatic carbocycles. The smallest absolute Gasteiger partial charge is 0.0842 e. The summed E-state index contributed by atoms with van der Waals surface area (Å²) < 4.78 is 6.85. The average Bonchev–Trinajstić information content (AvgIpc) is 2.68. The molecule has 0 fully saturated rings. The number of hydrogen-bond donors (Lipinski definition) is 1. The molecule has 1 heterocycles. The van der Waals surface area contributed by atoms with Crippen molar-refractivity contribution < 1.29 is 4.74 Å². The summed E-state index contributed by atoms with van der Waals surface area (Å²) in [7, 11) is 3.62. The maximum atomic E-state index is 5.11. The Morgan fingerprint density at radius 3 is 2.94 bits per heavy atom. The Labute approximate surface area is 97.2 Å². The third-order valence-electron chi connectivity index (χ3n) is 2.46. The maximum absolute atomic E-state index is 5.11. The number of hydrogen-bond acceptors (Lipinski definition) is 4. The Morgan fingerprint density at radius 1 is 1.56 bits per heavy atom. The van der Waals surface area contributed by atoms with Gasteiger partial charge in [0.05, 0.1) is 5.69 Å². The summed E-state index contributed by atoms with van der Waals surface area (Å²) >= 11 is 0. The number of rotatable bonds is 8. The lowest BCUT2D eigenvalue weighted by molar-refractivity contribution is 0.182. The molecule has 1 atom stereocenters. The molecule has 1 N–H and O–H groups in total. The Kier molecular flexibility index (Phi) is 6.03. The van der Waals surface area contributed by atoms with Gasteiger partial charge in [0.15, 0.2) is 0 Å². The van der Waals surface area contributed by atoms with E-state index in [9.17, 15) is 0 Å². The Hall–Kier alpha value is -0.940. The van der Waals surface area contributed by atoms with Crippen LogP contribution in [0.5, 0.6) is 0 Å². The predicted octanol–water partition coefficient (Wildman–Crippen LogP) is 0.762. The van der Waals surface area contributed by atoms with Gasteiger partial charge in [-0.25, -0.2) is 0 Å². The number of ether oxygens (including phenoxy) is 1. The van der Waals surface area contributed by atoms with Gasteiger partial charge in [0.25, 0.3) is 0 Å². The molecule has 92 valence electrons. The van der Waals surface area contributed by atoms with E-state index in [1.165, 1.54) is 0 Å². The molecule has 0 saturated heterocycles. The minimum absolute atomic E-state index is 0.427. The van der Waals surface area contributed by atoms with E-state index < -0.39 is 0 Å². The first kappa shape index (κ1) is 13.1. The van der Waals surface area contributed by atoms with E-state index in [2.05, 4.69) is 22.6 Å².